The van der Waals surface area contributed by atoms with Gasteiger partial charge >= 0.3 is 0 Å². The maximum atomic E-state index is 15.7. The van der Waals surface area contributed by atoms with Gasteiger partial charge in [0.05, 0.1) is 64.8 Å². The molecule has 4 aliphatic heterocycles. The van der Waals surface area contributed by atoms with Gasteiger partial charge in [-0.05, 0) is 65.6 Å². The largest absolute Gasteiger partial charge is 0.497 e. The summed E-state index contributed by atoms with van der Waals surface area (Å²) in [5.74, 6) is 0.0409. The summed E-state index contributed by atoms with van der Waals surface area (Å²) < 4.78 is 14.9. The van der Waals surface area contributed by atoms with Crippen molar-refractivity contribution in [3.05, 3.63) is 126 Å². The molecule has 3 fully saturated rings. The van der Waals surface area contributed by atoms with Crippen LogP contribution in [0.4, 0.5) is 17.1 Å². The van der Waals surface area contributed by atoms with Gasteiger partial charge < -0.3 is 39.9 Å². The highest BCUT2D eigenvalue weighted by Crippen LogP contribution is 2.60. The lowest BCUT2D eigenvalue weighted by molar-refractivity contribution is -0.146. The summed E-state index contributed by atoms with van der Waals surface area (Å²) in [6, 6.07) is 32.0. The first-order valence-corrected chi connectivity index (χ1v) is 25.1. The number of methoxy groups -OCH3 is 1. The van der Waals surface area contributed by atoms with E-state index >= 15 is 4.79 Å². The fourth-order valence-electron chi connectivity index (χ4n) is 10.6. The fourth-order valence-corrected chi connectivity index (χ4v) is 14.6. The van der Waals surface area contributed by atoms with E-state index in [4.69, 9.17) is 9.47 Å². The Morgan fingerprint density at radius 2 is 1.59 bits per heavy atom. The van der Waals surface area contributed by atoms with Gasteiger partial charge in [0.25, 0.3) is 5.91 Å². The number of carbonyl (C=O) groups is 3. The number of aryl methyl sites for hydroxylation is 1. The van der Waals surface area contributed by atoms with Crippen LogP contribution in [0.3, 0.4) is 0 Å². The molecule has 328 valence electrons. The van der Waals surface area contributed by atoms with E-state index in [0.29, 0.717) is 44.8 Å². The Morgan fingerprint density at radius 3 is 2.25 bits per heavy atom. The van der Waals surface area contributed by atoms with E-state index in [-0.39, 0.29) is 67.4 Å². The van der Waals surface area contributed by atoms with Gasteiger partial charge in [0.2, 0.25) is 11.8 Å². The summed E-state index contributed by atoms with van der Waals surface area (Å²) in [6.45, 7) is 10.5. The Bertz CT molecular complexity index is 2480. The minimum Gasteiger partial charge on any atom is -0.497 e. The number of benzene rings is 4. The van der Waals surface area contributed by atoms with Crippen molar-refractivity contribution in [3.8, 4) is 5.75 Å². The lowest BCUT2D eigenvalue weighted by Gasteiger charge is -2.37. The molecular formula is C48H56N8O6Si. The predicted octanol–water partition coefficient (Wildman–Crippen LogP) is 4.14. The maximum absolute atomic E-state index is 15.7. The molecule has 5 atom stereocenters. The maximum Gasteiger partial charge on any atom is 0.264 e. The molecule has 0 bridgehead atoms. The van der Waals surface area contributed by atoms with E-state index in [1.807, 2.05) is 101 Å². The summed E-state index contributed by atoms with van der Waals surface area (Å²) >= 11 is 0. The molecule has 9 rings (SSSR count). The Balaban J connectivity index is 1.11. The minimum absolute atomic E-state index is 0.00960. The van der Waals surface area contributed by atoms with Crippen LogP contribution < -0.4 is 35.3 Å². The van der Waals surface area contributed by atoms with Crippen molar-refractivity contribution in [1.29, 1.82) is 0 Å². The number of ether oxygens (including phenoxy) is 2. The van der Waals surface area contributed by atoms with Crippen LogP contribution >= 0.6 is 0 Å². The second kappa shape index (κ2) is 17.5. The van der Waals surface area contributed by atoms with Gasteiger partial charge in [0.15, 0.2) is 5.60 Å². The van der Waals surface area contributed by atoms with Gasteiger partial charge in [0.1, 0.15) is 5.75 Å². The summed E-state index contributed by atoms with van der Waals surface area (Å²) in [5, 5.41) is 27.0. The normalized spacial score (nSPS) is 23.2. The second-order valence-electron chi connectivity index (χ2n) is 17.7. The number of carbonyl (C=O) groups excluding carboxylic acids is 3. The molecule has 3 amide bonds. The highest BCUT2D eigenvalue weighted by Gasteiger charge is 2.66. The lowest BCUT2D eigenvalue weighted by atomic mass is 9.82. The number of hydrogen-bond donors (Lipinski definition) is 3. The molecule has 1 aromatic heterocycles. The number of aliphatic hydroxyl groups excluding tert-OH is 1. The monoisotopic (exact) mass is 868 g/mol. The molecule has 4 aromatic carbocycles. The summed E-state index contributed by atoms with van der Waals surface area (Å²) in [4.78, 5) is 47.4. The third-order valence-corrected chi connectivity index (χ3v) is 18.2. The van der Waals surface area contributed by atoms with Crippen molar-refractivity contribution in [2.75, 3.05) is 67.7 Å². The van der Waals surface area contributed by atoms with Crippen LogP contribution in [0.15, 0.2) is 103 Å². The lowest BCUT2D eigenvalue weighted by Crippen LogP contribution is -2.52. The minimum atomic E-state index is -2.48. The van der Waals surface area contributed by atoms with Gasteiger partial charge in [-0.25, -0.2) is 0 Å². The number of amides is 3. The zero-order valence-corrected chi connectivity index (χ0v) is 37.4. The van der Waals surface area contributed by atoms with Crippen LogP contribution in [0.25, 0.3) is 0 Å². The first kappa shape index (κ1) is 42.6. The first-order valence-electron chi connectivity index (χ1n) is 22.0. The smallest absolute Gasteiger partial charge is 0.264 e. The highest BCUT2D eigenvalue weighted by atomic mass is 28.3. The molecule has 15 heteroatoms. The van der Waals surface area contributed by atoms with Crippen LogP contribution in [0, 0.1) is 5.92 Å². The van der Waals surface area contributed by atoms with E-state index in [2.05, 4.69) is 53.1 Å². The molecule has 4 aliphatic rings. The van der Waals surface area contributed by atoms with Gasteiger partial charge in [-0.15, -0.1) is 5.10 Å². The van der Waals surface area contributed by atoms with Gasteiger partial charge in [0, 0.05) is 61.8 Å². The van der Waals surface area contributed by atoms with Crippen LogP contribution in [0.2, 0.25) is 18.6 Å². The van der Waals surface area contributed by atoms with Crippen molar-refractivity contribution in [1.82, 2.24) is 25.6 Å². The number of aliphatic hydroxyl groups is 1. The highest BCUT2D eigenvalue weighted by molar-refractivity contribution is 6.91. The van der Waals surface area contributed by atoms with Crippen LogP contribution in [-0.2, 0) is 37.8 Å². The summed E-state index contributed by atoms with van der Waals surface area (Å²) in [7, 11) is -0.818. The molecule has 3 N–H and O–H groups in total. The molecule has 1 spiro atoms. The molecule has 3 saturated heterocycles. The molecule has 1 unspecified atom stereocenters. The molecule has 5 aromatic rings. The molecule has 0 aliphatic carbocycles. The predicted molar refractivity (Wildman–Crippen MR) is 244 cm³/mol. The van der Waals surface area contributed by atoms with Gasteiger partial charge in [-0.1, -0.05) is 85.0 Å². The zero-order chi connectivity index (χ0) is 43.9. The number of piperazine rings is 2. The molecule has 5 heterocycles. The Kier molecular flexibility index (Phi) is 11.8. The average Bonchev–Trinajstić information content (AvgIpc) is 3.96. The van der Waals surface area contributed by atoms with Crippen molar-refractivity contribution >= 4 is 48.0 Å². The number of aromatic nitrogens is 3. The van der Waals surface area contributed by atoms with Gasteiger partial charge in [-0.3, -0.25) is 19.1 Å². The number of hydrogen-bond acceptors (Lipinski definition) is 10. The SMILES string of the molecule is COc1ccc([Si](C)(C)[C@@H]2[C@@H](CCn3cc(C(CO)c4ccccc4)nn3)O[C@]3(C(=O)N(Cc4cccc(N5CCNCC5=O)c4)c4ccc(N5CCNCC5=O)cc43)[C@H]2C)cc1. The number of fused-ring (bicyclic) bond motifs is 2. The van der Waals surface area contributed by atoms with Crippen LogP contribution in [0.5, 0.6) is 5.75 Å². The average molecular weight is 869 g/mol. The van der Waals surface area contributed by atoms with Crippen LogP contribution in [0.1, 0.15) is 41.6 Å². The molecule has 0 saturated carbocycles. The number of nitrogens with one attached hydrogen (secondary N) is 2. The first-order chi connectivity index (χ1) is 30.5. The molecular weight excluding hydrogens is 813 g/mol. The Labute approximate surface area is 369 Å². The van der Waals surface area contributed by atoms with Crippen molar-refractivity contribution in [3.63, 3.8) is 0 Å². The van der Waals surface area contributed by atoms with E-state index < -0.39 is 13.7 Å². The van der Waals surface area contributed by atoms with E-state index in [9.17, 15) is 14.7 Å². The zero-order valence-electron chi connectivity index (χ0n) is 36.4. The number of nitrogens with zero attached hydrogens (tertiary/aromatic N) is 6. The van der Waals surface area contributed by atoms with E-state index in [1.54, 1.807) is 16.9 Å². The standard InChI is InChI=1S/C48H56N8O6Si/c1-32-46(63(3,4)38-16-14-37(61-2)15-17-38)43(19-22-53-30-41(51-52-53)39(31-57)34-10-6-5-7-11-34)62-48(32)40-26-36(55-24-21-50-28-45(55)59)13-18-42(40)56(47(48)60)29-33-9-8-12-35(25-33)54-23-20-49-27-44(54)58/h5-18,25-26,30,32,39,43,46,49-50,57H,19-24,27-29,31H2,1-4H3/t32-,39?,43+,46-,48+/m0/s1. The fraction of sp³-hybridized carbons (Fsp3) is 0.396. The number of rotatable bonds is 13. The van der Waals surface area contributed by atoms with Crippen molar-refractivity contribution in [2.24, 2.45) is 5.92 Å². The molecule has 14 nitrogen and oxygen atoms in total. The van der Waals surface area contributed by atoms with Crippen molar-refractivity contribution in [2.45, 2.75) is 62.7 Å². The number of anilines is 3. The van der Waals surface area contributed by atoms with Crippen LogP contribution in [-0.4, -0.2) is 105 Å². The second-order valence-corrected chi connectivity index (χ2v) is 22.4. The third-order valence-electron chi connectivity index (χ3n) is 13.8. The Morgan fingerprint density at radius 1 is 0.889 bits per heavy atom. The topological polar surface area (TPSA) is 154 Å². The van der Waals surface area contributed by atoms with E-state index in [1.165, 1.54) is 5.19 Å². The molecule has 63 heavy (non-hydrogen) atoms. The summed E-state index contributed by atoms with van der Waals surface area (Å²) in [6.07, 6.45) is 2.10. The van der Waals surface area contributed by atoms with Gasteiger partial charge in [-0.2, -0.15) is 0 Å². The van der Waals surface area contributed by atoms with E-state index in [0.717, 1.165) is 39.5 Å². The summed E-state index contributed by atoms with van der Waals surface area (Å²) in [5.41, 5.74) is 4.20. The quantitative estimate of drug-likeness (QED) is 0.147. The van der Waals surface area contributed by atoms with Crippen molar-refractivity contribution < 1.29 is 29.0 Å². The molecule has 0 radical (unpaired) electrons. The third kappa shape index (κ3) is 7.75. The Hall–Kier alpha value is -5.71.